The summed E-state index contributed by atoms with van der Waals surface area (Å²) in [6, 6.07) is 0. The zero-order chi connectivity index (χ0) is 16.3. The standard InChI is InChI=1S/C11H12N6O5/c1-3-22-11(19)6-4-13-16(2)9(6)14-10(18)8-7(17(20)21)5-12-15-8/h4-5H,3H2,1-2H3,(H,12,15)(H,14,18). The minimum atomic E-state index is -0.821. The molecule has 0 radical (unpaired) electrons. The number of hydrogen-bond acceptors (Lipinski definition) is 7. The Labute approximate surface area is 123 Å². The summed E-state index contributed by atoms with van der Waals surface area (Å²) in [5.41, 5.74) is -0.766. The molecule has 0 unspecified atom stereocenters. The Bertz CT molecular complexity index is 733. The molecule has 2 heterocycles. The fourth-order valence-corrected chi connectivity index (χ4v) is 1.70. The topological polar surface area (TPSA) is 145 Å². The molecule has 2 aromatic heterocycles. The number of nitrogens with one attached hydrogen (secondary N) is 2. The predicted octanol–water partition coefficient (Wildman–Crippen LogP) is 0.480. The molecule has 11 heteroatoms. The summed E-state index contributed by atoms with van der Waals surface area (Å²) in [5, 5.41) is 22.7. The number of aromatic amines is 1. The van der Waals surface area contributed by atoms with Crippen LogP contribution >= 0.6 is 0 Å². The van der Waals surface area contributed by atoms with Crippen LogP contribution in [-0.4, -0.2) is 43.4 Å². The summed E-state index contributed by atoms with van der Waals surface area (Å²) in [4.78, 5) is 33.9. The van der Waals surface area contributed by atoms with Crippen molar-refractivity contribution in [2.24, 2.45) is 7.05 Å². The first-order chi connectivity index (χ1) is 10.5. The number of aryl methyl sites for hydroxylation is 1. The third-order valence-electron chi connectivity index (χ3n) is 2.71. The molecule has 0 aliphatic carbocycles. The highest BCUT2D eigenvalue weighted by molar-refractivity contribution is 6.08. The molecular formula is C11H12N6O5. The number of H-pyrrole nitrogens is 1. The van der Waals surface area contributed by atoms with Gasteiger partial charge in [0.1, 0.15) is 17.6 Å². The second-order valence-corrected chi connectivity index (χ2v) is 4.09. The third-order valence-corrected chi connectivity index (χ3v) is 2.71. The Morgan fingerprint density at radius 1 is 1.50 bits per heavy atom. The molecular weight excluding hydrogens is 296 g/mol. The normalized spacial score (nSPS) is 10.3. The minimum absolute atomic E-state index is 0.0415. The lowest BCUT2D eigenvalue weighted by atomic mass is 10.3. The van der Waals surface area contributed by atoms with Crippen molar-refractivity contribution in [1.29, 1.82) is 0 Å². The molecule has 0 aliphatic rings. The van der Waals surface area contributed by atoms with Crippen molar-refractivity contribution in [3.8, 4) is 0 Å². The summed E-state index contributed by atoms with van der Waals surface area (Å²) in [5.74, 6) is -1.42. The van der Waals surface area contributed by atoms with Gasteiger partial charge in [0.15, 0.2) is 0 Å². The molecule has 0 bridgehead atoms. The first-order valence-corrected chi connectivity index (χ1v) is 6.14. The lowest BCUT2D eigenvalue weighted by Gasteiger charge is -2.07. The van der Waals surface area contributed by atoms with E-state index in [1.165, 1.54) is 17.9 Å². The van der Waals surface area contributed by atoms with Crippen molar-refractivity contribution in [2.45, 2.75) is 6.92 Å². The molecule has 0 saturated heterocycles. The van der Waals surface area contributed by atoms with Gasteiger partial charge in [-0.3, -0.25) is 24.7 Å². The molecule has 116 valence electrons. The van der Waals surface area contributed by atoms with Gasteiger partial charge in [-0.1, -0.05) is 0 Å². The van der Waals surface area contributed by atoms with Crippen LogP contribution in [0, 0.1) is 10.1 Å². The minimum Gasteiger partial charge on any atom is -0.462 e. The van der Waals surface area contributed by atoms with E-state index in [1.54, 1.807) is 6.92 Å². The van der Waals surface area contributed by atoms with Gasteiger partial charge >= 0.3 is 11.7 Å². The summed E-state index contributed by atoms with van der Waals surface area (Å²) >= 11 is 0. The van der Waals surface area contributed by atoms with Crippen molar-refractivity contribution in [3.63, 3.8) is 0 Å². The van der Waals surface area contributed by atoms with E-state index < -0.39 is 22.5 Å². The molecule has 0 aromatic carbocycles. The monoisotopic (exact) mass is 308 g/mol. The Morgan fingerprint density at radius 3 is 2.86 bits per heavy atom. The molecule has 2 N–H and O–H groups in total. The van der Waals surface area contributed by atoms with Crippen molar-refractivity contribution in [3.05, 3.63) is 33.8 Å². The fourth-order valence-electron chi connectivity index (χ4n) is 1.70. The number of ether oxygens (including phenoxy) is 1. The summed E-state index contributed by atoms with van der Waals surface area (Å²) in [6.07, 6.45) is 2.15. The quantitative estimate of drug-likeness (QED) is 0.464. The van der Waals surface area contributed by atoms with Gasteiger partial charge in [-0.05, 0) is 6.92 Å². The summed E-state index contributed by atoms with van der Waals surface area (Å²) in [7, 11) is 1.50. The number of carbonyl (C=O) groups is 2. The number of nitrogens with zero attached hydrogens (tertiary/aromatic N) is 4. The highest BCUT2D eigenvalue weighted by Crippen LogP contribution is 2.19. The smallest absolute Gasteiger partial charge is 0.343 e. The van der Waals surface area contributed by atoms with Gasteiger partial charge in [0.25, 0.3) is 5.91 Å². The number of esters is 1. The number of hydrogen-bond donors (Lipinski definition) is 2. The molecule has 1 amide bonds. The van der Waals surface area contributed by atoms with Crippen LogP contribution in [0.5, 0.6) is 0 Å². The van der Waals surface area contributed by atoms with Gasteiger partial charge in [-0.15, -0.1) is 0 Å². The number of carbonyl (C=O) groups excluding carboxylic acids is 2. The second kappa shape index (κ2) is 6.03. The average Bonchev–Trinajstić information content (AvgIpc) is 3.07. The number of rotatable bonds is 5. The molecule has 0 saturated carbocycles. The number of anilines is 1. The number of nitro groups is 1. The van der Waals surface area contributed by atoms with Gasteiger partial charge in [-0.2, -0.15) is 10.2 Å². The van der Waals surface area contributed by atoms with Crippen molar-refractivity contribution in [1.82, 2.24) is 20.0 Å². The van der Waals surface area contributed by atoms with Crippen LogP contribution in [0.4, 0.5) is 11.5 Å². The lowest BCUT2D eigenvalue weighted by Crippen LogP contribution is -2.19. The van der Waals surface area contributed by atoms with Crippen LogP contribution in [0.25, 0.3) is 0 Å². The zero-order valence-electron chi connectivity index (χ0n) is 11.7. The van der Waals surface area contributed by atoms with E-state index in [2.05, 4.69) is 20.6 Å². The highest BCUT2D eigenvalue weighted by Gasteiger charge is 2.26. The molecule has 2 rings (SSSR count). The lowest BCUT2D eigenvalue weighted by molar-refractivity contribution is -0.385. The highest BCUT2D eigenvalue weighted by atomic mass is 16.6. The van der Waals surface area contributed by atoms with Gasteiger partial charge < -0.3 is 10.1 Å². The molecule has 2 aromatic rings. The first kappa shape index (κ1) is 15.2. The van der Waals surface area contributed by atoms with E-state index in [0.717, 1.165) is 6.20 Å². The van der Waals surface area contributed by atoms with Gasteiger partial charge in [0.05, 0.1) is 17.7 Å². The van der Waals surface area contributed by atoms with Crippen LogP contribution in [0.3, 0.4) is 0 Å². The van der Waals surface area contributed by atoms with E-state index in [1.807, 2.05) is 0 Å². The van der Waals surface area contributed by atoms with Crippen LogP contribution in [0.1, 0.15) is 27.8 Å². The van der Waals surface area contributed by atoms with Gasteiger partial charge in [-0.25, -0.2) is 4.79 Å². The maximum absolute atomic E-state index is 12.1. The third kappa shape index (κ3) is 2.77. The Kier molecular flexibility index (Phi) is 4.15. The predicted molar refractivity (Wildman–Crippen MR) is 72.4 cm³/mol. The molecule has 0 fully saturated rings. The fraction of sp³-hybridized carbons (Fsp3) is 0.273. The van der Waals surface area contributed by atoms with Crippen molar-refractivity contribution >= 4 is 23.4 Å². The average molecular weight is 308 g/mol. The van der Waals surface area contributed by atoms with E-state index in [4.69, 9.17) is 4.74 Å². The van der Waals surface area contributed by atoms with Gasteiger partial charge in [0.2, 0.25) is 5.69 Å². The van der Waals surface area contributed by atoms with Crippen molar-refractivity contribution < 1.29 is 19.2 Å². The Hall–Kier alpha value is -3.24. The maximum Gasteiger partial charge on any atom is 0.343 e. The van der Waals surface area contributed by atoms with E-state index in [-0.39, 0.29) is 23.7 Å². The van der Waals surface area contributed by atoms with Crippen molar-refractivity contribution in [2.75, 3.05) is 11.9 Å². The van der Waals surface area contributed by atoms with Crippen LogP contribution < -0.4 is 5.32 Å². The largest absolute Gasteiger partial charge is 0.462 e. The molecule has 0 aliphatic heterocycles. The zero-order valence-corrected chi connectivity index (χ0v) is 11.7. The second-order valence-electron chi connectivity index (χ2n) is 4.09. The van der Waals surface area contributed by atoms with Crippen LogP contribution in [0.15, 0.2) is 12.4 Å². The first-order valence-electron chi connectivity index (χ1n) is 6.14. The van der Waals surface area contributed by atoms with E-state index in [0.29, 0.717) is 0 Å². The number of aromatic nitrogens is 4. The molecule has 22 heavy (non-hydrogen) atoms. The Morgan fingerprint density at radius 2 is 2.23 bits per heavy atom. The van der Waals surface area contributed by atoms with E-state index in [9.17, 15) is 19.7 Å². The number of amides is 1. The SMILES string of the molecule is CCOC(=O)c1cnn(C)c1NC(=O)c1[nH]ncc1[N+](=O)[O-]. The summed E-state index contributed by atoms with van der Waals surface area (Å²) in [6.45, 7) is 1.80. The molecule has 0 atom stereocenters. The molecule has 0 spiro atoms. The Balaban J connectivity index is 2.29. The van der Waals surface area contributed by atoms with Crippen LogP contribution in [0.2, 0.25) is 0 Å². The van der Waals surface area contributed by atoms with Crippen LogP contribution in [-0.2, 0) is 11.8 Å². The van der Waals surface area contributed by atoms with Gasteiger partial charge in [0, 0.05) is 7.05 Å². The van der Waals surface area contributed by atoms with E-state index >= 15 is 0 Å². The summed E-state index contributed by atoms with van der Waals surface area (Å²) < 4.78 is 6.09. The maximum atomic E-state index is 12.1. The molecule has 11 nitrogen and oxygen atoms in total.